The van der Waals surface area contributed by atoms with Gasteiger partial charge in [0, 0.05) is 13.1 Å². The number of hydrogen-bond donors (Lipinski definition) is 1. The van der Waals surface area contributed by atoms with Crippen LogP contribution in [0.1, 0.15) is 17.3 Å². The van der Waals surface area contributed by atoms with Gasteiger partial charge in [0.15, 0.2) is 11.5 Å². The summed E-state index contributed by atoms with van der Waals surface area (Å²) in [6.07, 6.45) is -0.162. The number of esters is 1. The van der Waals surface area contributed by atoms with Crippen molar-refractivity contribution in [3.8, 4) is 17.2 Å². The zero-order chi connectivity index (χ0) is 18.4. The number of benzene rings is 1. The van der Waals surface area contributed by atoms with Crippen molar-refractivity contribution in [3.63, 3.8) is 0 Å². The monoisotopic (exact) mass is 353 g/mol. The van der Waals surface area contributed by atoms with Crippen LogP contribution in [0.4, 0.5) is 0 Å². The molecule has 7 nitrogen and oxygen atoms in total. The standard InChI is InChI=1S/C18H28N2O5/c1-13(12-20-8-6-19(2)7-9-20)25-18(21)14-10-15(22-3)17(24-5)16(11-14)23-4/h10-11,13H,6-9,12H2,1-5H3/p+1. The van der Waals surface area contributed by atoms with E-state index in [1.54, 1.807) is 12.1 Å². The fraction of sp³-hybridized carbons (Fsp3) is 0.611. The molecule has 0 bridgehead atoms. The predicted octanol–water partition coefficient (Wildman–Crippen LogP) is 0.0880. The Hall–Kier alpha value is -1.99. The number of rotatable bonds is 7. The summed E-state index contributed by atoms with van der Waals surface area (Å²) in [5.74, 6) is 0.939. The molecule has 1 fully saturated rings. The van der Waals surface area contributed by atoms with Crippen LogP contribution >= 0.6 is 0 Å². The van der Waals surface area contributed by atoms with Gasteiger partial charge >= 0.3 is 5.97 Å². The van der Waals surface area contributed by atoms with Crippen molar-refractivity contribution in [2.24, 2.45) is 0 Å². The SMILES string of the molecule is COc1cc(C(=O)OC(C)C[NH+]2CCN(C)CC2)cc(OC)c1OC. The quantitative estimate of drug-likeness (QED) is 0.701. The van der Waals surface area contributed by atoms with Crippen LogP contribution in [0.3, 0.4) is 0 Å². The second-order valence-corrected chi connectivity index (χ2v) is 6.39. The highest BCUT2D eigenvalue weighted by atomic mass is 16.5. The molecule has 1 aromatic rings. The van der Waals surface area contributed by atoms with Gasteiger partial charge in [-0.1, -0.05) is 0 Å². The minimum atomic E-state index is -0.389. The maximum atomic E-state index is 12.5. The maximum Gasteiger partial charge on any atom is 0.338 e. The number of likely N-dealkylation sites (N-methyl/N-ethyl adjacent to an activating group) is 1. The van der Waals surface area contributed by atoms with Crippen LogP contribution < -0.4 is 19.1 Å². The number of carbonyl (C=O) groups is 1. The molecule has 0 aliphatic carbocycles. The zero-order valence-electron chi connectivity index (χ0n) is 15.8. The Morgan fingerprint density at radius 3 is 2.16 bits per heavy atom. The summed E-state index contributed by atoms with van der Waals surface area (Å²) in [4.78, 5) is 16.3. The van der Waals surface area contributed by atoms with Crippen LogP contribution in [0.25, 0.3) is 0 Å². The normalized spacial score (nSPS) is 17.0. The van der Waals surface area contributed by atoms with Crippen LogP contribution in [0.15, 0.2) is 12.1 Å². The lowest BCUT2D eigenvalue weighted by Crippen LogP contribution is -3.15. The van der Waals surface area contributed by atoms with Crippen molar-refractivity contribution < 1.29 is 28.6 Å². The third-order valence-electron chi connectivity index (χ3n) is 4.48. The molecular weight excluding hydrogens is 324 g/mol. The first-order valence-electron chi connectivity index (χ1n) is 8.51. The third kappa shape index (κ3) is 4.99. The van der Waals surface area contributed by atoms with E-state index in [9.17, 15) is 4.79 Å². The lowest BCUT2D eigenvalue weighted by atomic mass is 10.2. The molecule has 1 saturated heterocycles. The fourth-order valence-corrected chi connectivity index (χ4v) is 3.04. The van der Waals surface area contributed by atoms with Gasteiger partial charge in [0.05, 0.1) is 40.0 Å². The molecule has 1 heterocycles. The zero-order valence-corrected chi connectivity index (χ0v) is 15.8. The predicted molar refractivity (Wildman–Crippen MR) is 94.0 cm³/mol. The first kappa shape index (κ1) is 19.3. The molecule has 1 aliphatic heterocycles. The van der Waals surface area contributed by atoms with Gasteiger partial charge in [-0.3, -0.25) is 4.90 Å². The topological polar surface area (TPSA) is 61.7 Å². The summed E-state index contributed by atoms with van der Waals surface area (Å²) in [6.45, 7) is 7.03. The van der Waals surface area contributed by atoms with Gasteiger partial charge < -0.3 is 23.8 Å². The third-order valence-corrected chi connectivity index (χ3v) is 4.48. The molecule has 1 unspecified atom stereocenters. The maximum absolute atomic E-state index is 12.5. The molecule has 7 heteroatoms. The summed E-state index contributed by atoms with van der Waals surface area (Å²) in [5, 5.41) is 0. The van der Waals surface area contributed by atoms with E-state index in [0.29, 0.717) is 22.8 Å². The number of piperazine rings is 1. The number of quaternary nitrogens is 1. The molecule has 1 N–H and O–H groups in total. The molecule has 2 rings (SSSR count). The second kappa shape index (κ2) is 8.92. The minimum Gasteiger partial charge on any atom is -0.493 e. The average molecular weight is 353 g/mol. The van der Waals surface area contributed by atoms with Crippen molar-refractivity contribution in [3.05, 3.63) is 17.7 Å². The van der Waals surface area contributed by atoms with Crippen LogP contribution in [0, 0.1) is 0 Å². The van der Waals surface area contributed by atoms with E-state index in [1.165, 1.54) is 26.2 Å². The van der Waals surface area contributed by atoms with Gasteiger partial charge in [-0.05, 0) is 26.1 Å². The number of carbonyl (C=O) groups excluding carboxylic acids is 1. The van der Waals surface area contributed by atoms with Gasteiger partial charge in [0.1, 0.15) is 12.6 Å². The summed E-state index contributed by atoms with van der Waals surface area (Å²) < 4.78 is 21.5. The Morgan fingerprint density at radius 2 is 1.68 bits per heavy atom. The number of ether oxygens (including phenoxy) is 4. The molecule has 0 spiro atoms. The van der Waals surface area contributed by atoms with Crippen molar-refractivity contribution in [2.75, 3.05) is 61.1 Å². The van der Waals surface area contributed by atoms with E-state index in [1.807, 2.05) is 6.92 Å². The molecule has 0 aromatic heterocycles. The molecule has 0 radical (unpaired) electrons. The van der Waals surface area contributed by atoms with Crippen LogP contribution in [-0.4, -0.2) is 78.1 Å². The summed E-state index contributed by atoms with van der Waals surface area (Å²) in [7, 11) is 6.70. The molecule has 25 heavy (non-hydrogen) atoms. The molecule has 1 aliphatic rings. The van der Waals surface area contributed by atoms with Gasteiger partial charge in [0.2, 0.25) is 5.75 Å². The number of nitrogens with one attached hydrogen (secondary N) is 1. The first-order valence-corrected chi connectivity index (χ1v) is 8.51. The van der Waals surface area contributed by atoms with Gasteiger partial charge in [-0.15, -0.1) is 0 Å². The molecule has 1 aromatic carbocycles. The molecular formula is C18H29N2O5+. The van der Waals surface area contributed by atoms with Crippen molar-refractivity contribution in [1.29, 1.82) is 0 Å². The highest BCUT2D eigenvalue weighted by Gasteiger charge is 2.23. The fourth-order valence-electron chi connectivity index (χ4n) is 3.04. The Bertz CT molecular complexity index is 560. The highest BCUT2D eigenvalue weighted by molar-refractivity contribution is 5.91. The number of nitrogens with zero attached hydrogens (tertiary/aromatic N) is 1. The smallest absolute Gasteiger partial charge is 0.338 e. The Balaban J connectivity index is 2.02. The molecule has 0 amide bonds. The molecule has 140 valence electrons. The Kier molecular flexibility index (Phi) is 6.90. The van der Waals surface area contributed by atoms with E-state index in [0.717, 1.165) is 32.7 Å². The number of hydrogen-bond acceptors (Lipinski definition) is 6. The van der Waals surface area contributed by atoms with Crippen LogP contribution in [0.5, 0.6) is 17.2 Å². The lowest BCUT2D eigenvalue weighted by molar-refractivity contribution is -0.907. The van der Waals surface area contributed by atoms with Gasteiger partial charge in [-0.25, -0.2) is 4.79 Å². The second-order valence-electron chi connectivity index (χ2n) is 6.39. The van der Waals surface area contributed by atoms with Crippen molar-refractivity contribution >= 4 is 5.97 Å². The van der Waals surface area contributed by atoms with Crippen LogP contribution in [0.2, 0.25) is 0 Å². The lowest BCUT2D eigenvalue weighted by Gasteiger charge is -2.31. The van der Waals surface area contributed by atoms with E-state index < -0.39 is 0 Å². The average Bonchev–Trinajstić information content (AvgIpc) is 2.62. The Morgan fingerprint density at radius 1 is 1.12 bits per heavy atom. The number of methoxy groups -OCH3 is 3. The minimum absolute atomic E-state index is 0.162. The van der Waals surface area contributed by atoms with E-state index >= 15 is 0 Å². The van der Waals surface area contributed by atoms with Gasteiger partial charge in [0.25, 0.3) is 0 Å². The van der Waals surface area contributed by atoms with Crippen molar-refractivity contribution in [1.82, 2.24) is 4.90 Å². The highest BCUT2D eigenvalue weighted by Crippen LogP contribution is 2.38. The molecule has 1 atom stereocenters. The van der Waals surface area contributed by atoms with E-state index in [2.05, 4.69) is 11.9 Å². The van der Waals surface area contributed by atoms with E-state index in [-0.39, 0.29) is 12.1 Å². The van der Waals surface area contributed by atoms with Gasteiger partial charge in [-0.2, -0.15) is 0 Å². The molecule has 0 saturated carbocycles. The van der Waals surface area contributed by atoms with Crippen LogP contribution in [-0.2, 0) is 4.74 Å². The summed E-state index contributed by atoms with van der Waals surface area (Å²) >= 11 is 0. The van der Waals surface area contributed by atoms with Crippen molar-refractivity contribution in [2.45, 2.75) is 13.0 Å². The van der Waals surface area contributed by atoms with E-state index in [4.69, 9.17) is 18.9 Å². The largest absolute Gasteiger partial charge is 0.493 e. The Labute approximate surface area is 149 Å². The summed E-state index contributed by atoms with van der Waals surface area (Å²) in [6, 6.07) is 3.22. The first-order chi connectivity index (χ1) is 12.0. The summed E-state index contributed by atoms with van der Waals surface area (Å²) in [5.41, 5.74) is 0.384.